The van der Waals surface area contributed by atoms with Crippen molar-refractivity contribution >= 4 is 17.5 Å². The van der Waals surface area contributed by atoms with Crippen LogP contribution in [0.3, 0.4) is 0 Å². The number of carbonyl (C=O) groups excluding carboxylic acids is 2. The van der Waals surface area contributed by atoms with Crippen molar-refractivity contribution in [3.8, 4) is 5.75 Å². The number of rotatable bonds is 7. The molecule has 0 unspecified atom stereocenters. The summed E-state index contributed by atoms with van der Waals surface area (Å²) in [6.45, 7) is 9.67. The number of para-hydroxylation sites is 2. The summed E-state index contributed by atoms with van der Waals surface area (Å²) in [6, 6.07) is 9.19. The Morgan fingerprint density at radius 1 is 1.17 bits per heavy atom. The number of benzene rings is 1. The highest BCUT2D eigenvalue weighted by Crippen LogP contribution is 2.24. The van der Waals surface area contributed by atoms with E-state index in [0.29, 0.717) is 30.5 Å². The molecule has 0 atom stereocenters. The Labute approximate surface area is 177 Å². The van der Waals surface area contributed by atoms with Crippen LogP contribution >= 0.6 is 0 Å². The van der Waals surface area contributed by atoms with Crippen molar-refractivity contribution < 1.29 is 18.7 Å². The van der Waals surface area contributed by atoms with Crippen molar-refractivity contribution in [1.29, 1.82) is 0 Å². The molecule has 2 heterocycles. The molecule has 2 N–H and O–H groups in total. The summed E-state index contributed by atoms with van der Waals surface area (Å²) in [4.78, 5) is 26.9. The van der Waals surface area contributed by atoms with Crippen LogP contribution in [0, 0.1) is 19.8 Å². The summed E-state index contributed by atoms with van der Waals surface area (Å²) in [6.07, 6.45) is 1.98. The maximum atomic E-state index is 12.2. The van der Waals surface area contributed by atoms with Crippen molar-refractivity contribution in [2.24, 2.45) is 5.92 Å². The van der Waals surface area contributed by atoms with Crippen LogP contribution in [0.25, 0.3) is 0 Å². The number of anilines is 1. The highest BCUT2D eigenvalue weighted by molar-refractivity contribution is 6.39. The quantitative estimate of drug-likeness (QED) is 0.681. The van der Waals surface area contributed by atoms with Crippen molar-refractivity contribution in [2.45, 2.75) is 40.2 Å². The third-order valence-electron chi connectivity index (χ3n) is 5.44. The molecule has 2 aromatic rings. The molecule has 2 amide bonds. The van der Waals surface area contributed by atoms with Gasteiger partial charge in [0.2, 0.25) is 0 Å². The van der Waals surface area contributed by atoms with Gasteiger partial charge >= 0.3 is 11.8 Å². The first-order valence-electron chi connectivity index (χ1n) is 10.6. The van der Waals surface area contributed by atoms with Gasteiger partial charge in [-0.25, -0.2) is 0 Å². The molecule has 162 valence electrons. The van der Waals surface area contributed by atoms with Gasteiger partial charge in [-0.3, -0.25) is 14.5 Å². The van der Waals surface area contributed by atoms with E-state index in [2.05, 4.69) is 21.6 Å². The fourth-order valence-corrected chi connectivity index (χ4v) is 3.78. The largest absolute Gasteiger partial charge is 0.492 e. The van der Waals surface area contributed by atoms with Gasteiger partial charge in [-0.1, -0.05) is 12.1 Å². The van der Waals surface area contributed by atoms with E-state index in [1.165, 1.54) is 5.56 Å². The number of aryl methyl sites for hydroxylation is 2. The molecule has 1 aromatic carbocycles. The molecule has 1 saturated heterocycles. The van der Waals surface area contributed by atoms with E-state index in [9.17, 15) is 9.59 Å². The highest BCUT2D eigenvalue weighted by atomic mass is 16.5. The summed E-state index contributed by atoms with van der Waals surface area (Å²) in [7, 11) is 0. The molecule has 30 heavy (non-hydrogen) atoms. The molecule has 1 aliphatic heterocycles. The molecular weight excluding hydrogens is 382 g/mol. The number of piperidine rings is 1. The first kappa shape index (κ1) is 21.9. The number of amides is 2. The van der Waals surface area contributed by atoms with Crippen molar-refractivity contribution in [1.82, 2.24) is 10.2 Å². The molecule has 0 spiro atoms. The van der Waals surface area contributed by atoms with Crippen molar-refractivity contribution in [2.75, 3.05) is 31.6 Å². The third-order valence-corrected chi connectivity index (χ3v) is 5.44. The van der Waals surface area contributed by atoms with Crippen LogP contribution < -0.4 is 15.4 Å². The zero-order chi connectivity index (χ0) is 21.5. The molecule has 0 radical (unpaired) electrons. The van der Waals surface area contributed by atoms with Gasteiger partial charge in [-0.2, -0.15) is 0 Å². The summed E-state index contributed by atoms with van der Waals surface area (Å²) in [5.41, 5.74) is 1.74. The monoisotopic (exact) mass is 413 g/mol. The predicted molar refractivity (Wildman–Crippen MR) is 115 cm³/mol. The predicted octanol–water partition coefficient (Wildman–Crippen LogP) is 3.26. The topological polar surface area (TPSA) is 83.8 Å². The van der Waals surface area contributed by atoms with Crippen LogP contribution in [-0.4, -0.2) is 43.0 Å². The van der Waals surface area contributed by atoms with Crippen LogP contribution in [0.1, 0.15) is 36.8 Å². The smallest absolute Gasteiger partial charge is 0.313 e. The molecular formula is C23H31N3O4. The SMILES string of the molecule is CCOc1ccccc1NC(=O)C(=O)NCC1CCN(Cc2cc(C)oc2C)CC1. The van der Waals surface area contributed by atoms with E-state index in [0.717, 1.165) is 44.0 Å². The lowest BCUT2D eigenvalue weighted by Crippen LogP contribution is -2.41. The van der Waals surface area contributed by atoms with Crippen LogP contribution in [-0.2, 0) is 16.1 Å². The van der Waals surface area contributed by atoms with Crippen LogP contribution in [0.15, 0.2) is 34.7 Å². The Kier molecular flexibility index (Phi) is 7.52. The fourth-order valence-electron chi connectivity index (χ4n) is 3.78. The molecule has 0 aliphatic carbocycles. The second-order valence-electron chi connectivity index (χ2n) is 7.75. The zero-order valence-electron chi connectivity index (χ0n) is 18.0. The second-order valence-corrected chi connectivity index (χ2v) is 7.75. The van der Waals surface area contributed by atoms with Crippen LogP contribution in [0.5, 0.6) is 5.75 Å². The maximum Gasteiger partial charge on any atom is 0.313 e. The van der Waals surface area contributed by atoms with E-state index in [1.54, 1.807) is 18.2 Å². The lowest BCUT2D eigenvalue weighted by molar-refractivity contribution is -0.136. The number of ether oxygens (including phenoxy) is 1. The summed E-state index contributed by atoms with van der Waals surface area (Å²) in [5.74, 6) is 1.57. The Bertz CT molecular complexity index is 869. The van der Waals surface area contributed by atoms with Gasteiger partial charge < -0.3 is 19.8 Å². The number of furan rings is 1. The maximum absolute atomic E-state index is 12.2. The molecule has 3 rings (SSSR count). The summed E-state index contributed by atoms with van der Waals surface area (Å²) >= 11 is 0. The van der Waals surface area contributed by atoms with E-state index in [1.807, 2.05) is 26.8 Å². The molecule has 1 fully saturated rings. The molecule has 7 heteroatoms. The van der Waals surface area contributed by atoms with Crippen molar-refractivity contribution in [3.05, 3.63) is 47.4 Å². The fraction of sp³-hybridized carbons (Fsp3) is 0.478. The number of nitrogens with one attached hydrogen (secondary N) is 2. The normalized spacial score (nSPS) is 15.0. The van der Waals surface area contributed by atoms with Crippen molar-refractivity contribution in [3.63, 3.8) is 0 Å². The summed E-state index contributed by atoms with van der Waals surface area (Å²) < 4.78 is 11.1. The van der Waals surface area contributed by atoms with Gasteiger partial charge in [0, 0.05) is 18.7 Å². The van der Waals surface area contributed by atoms with Gasteiger partial charge in [0.1, 0.15) is 17.3 Å². The number of hydrogen-bond acceptors (Lipinski definition) is 5. The third kappa shape index (κ3) is 5.86. The minimum absolute atomic E-state index is 0.376. The van der Waals surface area contributed by atoms with E-state index < -0.39 is 11.8 Å². The summed E-state index contributed by atoms with van der Waals surface area (Å²) in [5, 5.41) is 5.41. The van der Waals surface area contributed by atoms with E-state index in [4.69, 9.17) is 9.15 Å². The minimum atomic E-state index is -0.676. The highest BCUT2D eigenvalue weighted by Gasteiger charge is 2.22. The molecule has 0 bridgehead atoms. The van der Waals surface area contributed by atoms with Crippen LogP contribution in [0.4, 0.5) is 5.69 Å². The van der Waals surface area contributed by atoms with Gasteiger partial charge in [0.15, 0.2) is 0 Å². The average Bonchev–Trinajstić information content (AvgIpc) is 3.05. The van der Waals surface area contributed by atoms with Gasteiger partial charge in [0.25, 0.3) is 0 Å². The Morgan fingerprint density at radius 3 is 2.57 bits per heavy atom. The molecule has 1 aromatic heterocycles. The number of likely N-dealkylation sites (tertiary alicyclic amines) is 1. The lowest BCUT2D eigenvalue weighted by atomic mass is 9.96. The zero-order valence-corrected chi connectivity index (χ0v) is 18.0. The number of carbonyl (C=O) groups is 2. The second kappa shape index (κ2) is 10.3. The van der Waals surface area contributed by atoms with Gasteiger partial charge in [-0.15, -0.1) is 0 Å². The van der Waals surface area contributed by atoms with E-state index in [-0.39, 0.29) is 0 Å². The number of hydrogen-bond donors (Lipinski definition) is 2. The minimum Gasteiger partial charge on any atom is -0.492 e. The first-order chi connectivity index (χ1) is 14.5. The van der Waals surface area contributed by atoms with Gasteiger partial charge in [0.05, 0.1) is 12.3 Å². The molecule has 7 nitrogen and oxygen atoms in total. The van der Waals surface area contributed by atoms with Crippen LogP contribution in [0.2, 0.25) is 0 Å². The standard InChI is InChI=1S/C23H31N3O4/c1-4-29-21-8-6-5-7-20(21)25-23(28)22(27)24-14-18-9-11-26(12-10-18)15-19-13-16(2)30-17(19)3/h5-8,13,18H,4,9-12,14-15H2,1-3H3,(H,24,27)(H,25,28). The first-order valence-corrected chi connectivity index (χ1v) is 10.6. The Morgan fingerprint density at radius 2 is 1.90 bits per heavy atom. The number of nitrogens with zero attached hydrogens (tertiary/aromatic N) is 1. The Hall–Kier alpha value is -2.80. The molecule has 1 aliphatic rings. The lowest BCUT2D eigenvalue weighted by Gasteiger charge is -2.31. The Balaban J connectivity index is 1.41. The van der Waals surface area contributed by atoms with Gasteiger partial charge in [-0.05, 0) is 70.8 Å². The van der Waals surface area contributed by atoms with E-state index >= 15 is 0 Å². The average molecular weight is 414 g/mol. The molecule has 0 saturated carbocycles.